The lowest BCUT2D eigenvalue weighted by Crippen LogP contribution is -2.44. The second-order valence-corrected chi connectivity index (χ2v) is 5.83. The van der Waals surface area contributed by atoms with Crippen molar-refractivity contribution < 1.29 is 14.5 Å². The van der Waals surface area contributed by atoms with Gasteiger partial charge in [-0.05, 0) is 24.3 Å². The molecule has 25 heavy (non-hydrogen) atoms. The Balaban J connectivity index is 1.96. The van der Waals surface area contributed by atoms with Crippen LogP contribution < -0.4 is 16.2 Å². The Morgan fingerprint density at radius 1 is 0.960 bits per heavy atom. The topological polar surface area (TPSA) is 113 Å². The molecule has 0 aliphatic rings. The first-order valence-electron chi connectivity index (χ1n) is 6.54. The van der Waals surface area contributed by atoms with E-state index in [1.165, 1.54) is 30.3 Å². The highest BCUT2D eigenvalue weighted by atomic mass is 35.5. The number of urea groups is 1. The summed E-state index contributed by atoms with van der Waals surface area (Å²) in [5.41, 5.74) is 4.27. The number of amides is 3. The largest absolute Gasteiger partial charge is 0.337 e. The molecule has 0 saturated carbocycles. The first kappa shape index (κ1) is 18.8. The second kappa shape index (κ2) is 8.02. The summed E-state index contributed by atoms with van der Waals surface area (Å²) in [5, 5.41) is 13.4. The van der Waals surface area contributed by atoms with Crippen molar-refractivity contribution in [1.29, 1.82) is 0 Å². The van der Waals surface area contributed by atoms with Crippen LogP contribution in [0.1, 0.15) is 10.4 Å². The fourth-order valence-corrected chi connectivity index (χ4v) is 2.44. The summed E-state index contributed by atoms with van der Waals surface area (Å²) in [6.45, 7) is 0. The fraction of sp³-hybridized carbons (Fsp3) is 0. The maximum absolute atomic E-state index is 11.9. The Morgan fingerprint density at radius 3 is 2.28 bits per heavy atom. The number of halogens is 3. The molecule has 0 aliphatic heterocycles. The predicted molar refractivity (Wildman–Crippen MR) is 94.2 cm³/mol. The molecule has 0 saturated heterocycles. The highest BCUT2D eigenvalue weighted by Crippen LogP contribution is 2.26. The maximum Gasteiger partial charge on any atom is 0.337 e. The van der Waals surface area contributed by atoms with E-state index in [2.05, 4.69) is 16.2 Å². The van der Waals surface area contributed by atoms with Crippen LogP contribution in [0.3, 0.4) is 0 Å². The van der Waals surface area contributed by atoms with Crippen LogP contribution in [0.5, 0.6) is 0 Å². The van der Waals surface area contributed by atoms with Gasteiger partial charge in [-0.15, -0.1) is 0 Å². The van der Waals surface area contributed by atoms with Crippen molar-refractivity contribution in [3.63, 3.8) is 0 Å². The number of nitrogens with zero attached hydrogens (tertiary/aromatic N) is 1. The van der Waals surface area contributed by atoms with Gasteiger partial charge in [0.15, 0.2) is 0 Å². The number of anilines is 1. The summed E-state index contributed by atoms with van der Waals surface area (Å²) in [6.07, 6.45) is 0. The standard InChI is InChI=1S/C14H9Cl3N4O4/c15-7-1-3-9(10(16)5-7)13(22)19-20-14(23)18-12-4-2-8(21(24)25)6-11(12)17/h1-6H,(H,19,22)(H2,18,20,23). The number of benzene rings is 2. The lowest BCUT2D eigenvalue weighted by Gasteiger charge is -2.10. The molecular weight excluding hydrogens is 395 g/mol. The molecule has 8 nitrogen and oxygen atoms in total. The second-order valence-electron chi connectivity index (χ2n) is 4.58. The highest BCUT2D eigenvalue weighted by molar-refractivity contribution is 6.36. The third kappa shape index (κ3) is 4.96. The molecule has 0 spiro atoms. The van der Waals surface area contributed by atoms with Crippen LogP contribution in [-0.2, 0) is 0 Å². The van der Waals surface area contributed by atoms with Gasteiger partial charge in [0.05, 0.1) is 26.2 Å². The minimum absolute atomic E-state index is 0.0311. The van der Waals surface area contributed by atoms with E-state index in [0.717, 1.165) is 6.07 Å². The van der Waals surface area contributed by atoms with E-state index in [0.29, 0.717) is 5.02 Å². The number of hydrogen-bond acceptors (Lipinski definition) is 4. The van der Waals surface area contributed by atoms with Gasteiger partial charge in [-0.3, -0.25) is 20.3 Å². The van der Waals surface area contributed by atoms with Gasteiger partial charge < -0.3 is 5.32 Å². The average Bonchev–Trinajstić information content (AvgIpc) is 2.54. The van der Waals surface area contributed by atoms with Crippen molar-refractivity contribution >= 4 is 58.1 Å². The van der Waals surface area contributed by atoms with Crippen molar-refractivity contribution in [1.82, 2.24) is 10.9 Å². The van der Waals surface area contributed by atoms with Crippen LogP contribution in [0.2, 0.25) is 15.1 Å². The van der Waals surface area contributed by atoms with E-state index in [-0.39, 0.29) is 27.0 Å². The monoisotopic (exact) mass is 402 g/mol. The van der Waals surface area contributed by atoms with Crippen molar-refractivity contribution in [3.05, 3.63) is 67.1 Å². The molecule has 3 N–H and O–H groups in total. The first-order chi connectivity index (χ1) is 11.8. The van der Waals surface area contributed by atoms with E-state index < -0.39 is 16.9 Å². The van der Waals surface area contributed by atoms with Gasteiger partial charge in [0.2, 0.25) is 0 Å². The van der Waals surface area contributed by atoms with Crippen LogP contribution in [0, 0.1) is 10.1 Å². The number of carbonyl (C=O) groups excluding carboxylic acids is 2. The zero-order chi connectivity index (χ0) is 18.6. The zero-order valence-corrected chi connectivity index (χ0v) is 14.4. The summed E-state index contributed by atoms with van der Waals surface area (Å²) in [6, 6.07) is 6.96. The van der Waals surface area contributed by atoms with Gasteiger partial charge in [0.1, 0.15) is 0 Å². The third-order valence-corrected chi connectivity index (χ3v) is 3.74. The molecular formula is C14H9Cl3N4O4. The molecule has 3 amide bonds. The van der Waals surface area contributed by atoms with E-state index in [4.69, 9.17) is 34.8 Å². The third-order valence-electron chi connectivity index (χ3n) is 2.88. The van der Waals surface area contributed by atoms with E-state index in [1.54, 1.807) is 0 Å². The molecule has 0 unspecified atom stereocenters. The molecule has 0 heterocycles. The van der Waals surface area contributed by atoms with E-state index in [1.807, 2.05) is 0 Å². The minimum Gasteiger partial charge on any atom is -0.305 e. The van der Waals surface area contributed by atoms with E-state index >= 15 is 0 Å². The number of nitro groups is 1. The molecule has 0 aromatic heterocycles. The average molecular weight is 404 g/mol. The Kier molecular flexibility index (Phi) is 6.02. The van der Waals surface area contributed by atoms with Gasteiger partial charge in [0.25, 0.3) is 11.6 Å². The molecule has 0 bridgehead atoms. The summed E-state index contributed by atoms with van der Waals surface area (Å²) < 4.78 is 0. The van der Waals surface area contributed by atoms with Crippen LogP contribution in [-0.4, -0.2) is 16.9 Å². The quantitative estimate of drug-likeness (QED) is 0.530. The zero-order valence-electron chi connectivity index (χ0n) is 12.2. The molecule has 0 aliphatic carbocycles. The Labute approximate surface area is 156 Å². The Hall–Kier alpha value is -2.55. The molecule has 2 aromatic rings. The maximum atomic E-state index is 11.9. The summed E-state index contributed by atoms with van der Waals surface area (Å²) in [7, 11) is 0. The normalized spacial score (nSPS) is 10.0. The van der Waals surface area contributed by atoms with Crippen molar-refractivity contribution in [2.24, 2.45) is 0 Å². The van der Waals surface area contributed by atoms with Crippen LogP contribution in [0.15, 0.2) is 36.4 Å². The summed E-state index contributed by atoms with van der Waals surface area (Å²) in [5.74, 6) is -0.661. The van der Waals surface area contributed by atoms with E-state index in [9.17, 15) is 19.7 Å². The van der Waals surface area contributed by atoms with Crippen LogP contribution in [0.25, 0.3) is 0 Å². The first-order valence-corrected chi connectivity index (χ1v) is 7.67. The predicted octanol–water partition coefficient (Wildman–Crippen LogP) is 4.02. The molecule has 2 aromatic carbocycles. The minimum atomic E-state index is -0.811. The number of carbonyl (C=O) groups is 2. The number of nitro benzene ring substituents is 1. The summed E-state index contributed by atoms with van der Waals surface area (Å²) >= 11 is 17.5. The van der Waals surface area contributed by atoms with Gasteiger partial charge in [-0.2, -0.15) is 0 Å². The number of non-ortho nitro benzene ring substituents is 1. The number of hydrogen-bond donors (Lipinski definition) is 3. The summed E-state index contributed by atoms with van der Waals surface area (Å²) in [4.78, 5) is 33.7. The number of rotatable bonds is 3. The highest BCUT2D eigenvalue weighted by Gasteiger charge is 2.14. The van der Waals surface area contributed by atoms with Crippen LogP contribution in [0.4, 0.5) is 16.2 Å². The van der Waals surface area contributed by atoms with Crippen molar-refractivity contribution in [2.75, 3.05) is 5.32 Å². The van der Waals surface area contributed by atoms with Gasteiger partial charge in [-0.25, -0.2) is 10.2 Å². The van der Waals surface area contributed by atoms with Crippen molar-refractivity contribution in [3.8, 4) is 0 Å². The lowest BCUT2D eigenvalue weighted by atomic mass is 10.2. The molecule has 0 atom stereocenters. The number of nitrogens with one attached hydrogen (secondary N) is 3. The Bertz CT molecular complexity index is 860. The molecule has 130 valence electrons. The van der Waals surface area contributed by atoms with Gasteiger partial charge in [-0.1, -0.05) is 34.8 Å². The molecule has 0 radical (unpaired) electrons. The SMILES string of the molecule is O=C(NNC(=O)c1ccc(Cl)cc1Cl)Nc1ccc([N+](=O)[O-])cc1Cl. The number of hydrazine groups is 1. The van der Waals surface area contributed by atoms with Gasteiger partial charge >= 0.3 is 6.03 Å². The molecule has 11 heteroatoms. The fourth-order valence-electron chi connectivity index (χ4n) is 1.73. The molecule has 2 rings (SSSR count). The van der Waals surface area contributed by atoms with Crippen LogP contribution >= 0.6 is 34.8 Å². The Morgan fingerprint density at radius 2 is 1.68 bits per heavy atom. The smallest absolute Gasteiger partial charge is 0.305 e. The molecule has 0 fully saturated rings. The lowest BCUT2D eigenvalue weighted by molar-refractivity contribution is -0.384. The van der Waals surface area contributed by atoms with Gasteiger partial charge in [0, 0.05) is 17.2 Å². The van der Waals surface area contributed by atoms with Crippen molar-refractivity contribution in [2.45, 2.75) is 0 Å².